The van der Waals surface area contributed by atoms with Crippen LogP contribution in [-0.2, 0) is 17.2 Å². The molecular formula is C19H19FN4O2S. The fraction of sp³-hybridized carbons (Fsp3) is 0.263. The van der Waals surface area contributed by atoms with Gasteiger partial charge < -0.3 is 14.8 Å². The van der Waals surface area contributed by atoms with Crippen molar-refractivity contribution in [3.63, 3.8) is 0 Å². The zero-order chi connectivity index (χ0) is 19.4. The Morgan fingerprint density at radius 3 is 2.81 bits per heavy atom. The fourth-order valence-corrected chi connectivity index (χ4v) is 2.94. The molecule has 1 heterocycles. The van der Waals surface area contributed by atoms with Crippen molar-refractivity contribution in [2.45, 2.75) is 20.0 Å². The Morgan fingerprint density at radius 2 is 2.07 bits per heavy atom. The van der Waals surface area contributed by atoms with Crippen LogP contribution in [0.5, 0.6) is 5.75 Å². The Hall–Kier alpha value is -2.71. The number of methoxy groups -OCH3 is 1. The molecule has 0 amide bonds. The van der Waals surface area contributed by atoms with E-state index in [0.717, 1.165) is 10.9 Å². The van der Waals surface area contributed by atoms with E-state index in [2.05, 4.69) is 19.6 Å². The highest BCUT2D eigenvalue weighted by Gasteiger charge is 2.14. The summed E-state index contributed by atoms with van der Waals surface area (Å²) >= 11 is 4.77. The number of nitrogens with one attached hydrogen (secondary N) is 1. The average Bonchev–Trinajstić information content (AvgIpc) is 2.64. The molecule has 0 aliphatic rings. The van der Waals surface area contributed by atoms with Crippen molar-refractivity contribution in [3.8, 4) is 5.75 Å². The summed E-state index contributed by atoms with van der Waals surface area (Å²) < 4.78 is 28.4. The summed E-state index contributed by atoms with van der Waals surface area (Å²) in [7, 11) is 1.59. The van der Waals surface area contributed by atoms with E-state index in [1.165, 1.54) is 18.5 Å². The SMILES string of the molecule is COCC(C)Oc1cc(F)ccc1Nc1ncnc2cc(N=S)cc(C)c12. The molecule has 1 atom stereocenters. The van der Waals surface area contributed by atoms with E-state index >= 15 is 0 Å². The van der Waals surface area contributed by atoms with Gasteiger partial charge in [0.2, 0.25) is 0 Å². The van der Waals surface area contributed by atoms with Crippen molar-refractivity contribution in [3.05, 3.63) is 48.0 Å². The average molecular weight is 386 g/mol. The summed E-state index contributed by atoms with van der Waals surface area (Å²) in [6.45, 7) is 4.17. The van der Waals surface area contributed by atoms with Crippen LogP contribution in [0.3, 0.4) is 0 Å². The third kappa shape index (κ3) is 4.35. The predicted molar refractivity (Wildman–Crippen MR) is 105 cm³/mol. The summed E-state index contributed by atoms with van der Waals surface area (Å²) in [5.74, 6) is 0.575. The number of aryl methyl sites for hydroxylation is 1. The van der Waals surface area contributed by atoms with Crippen LogP contribution in [0.15, 0.2) is 41.0 Å². The molecule has 0 saturated carbocycles. The molecule has 27 heavy (non-hydrogen) atoms. The van der Waals surface area contributed by atoms with E-state index < -0.39 is 0 Å². The largest absolute Gasteiger partial charge is 0.486 e. The Kier molecular flexibility index (Phi) is 5.88. The third-order valence-electron chi connectivity index (χ3n) is 3.95. The van der Waals surface area contributed by atoms with Gasteiger partial charge in [0.15, 0.2) is 0 Å². The second-order valence-electron chi connectivity index (χ2n) is 6.12. The second kappa shape index (κ2) is 8.32. The van der Waals surface area contributed by atoms with Gasteiger partial charge in [0.25, 0.3) is 0 Å². The number of rotatable bonds is 7. The molecule has 8 heteroatoms. The lowest BCUT2D eigenvalue weighted by Gasteiger charge is -2.18. The van der Waals surface area contributed by atoms with E-state index in [9.17, 15) is 4.39 Å². The number of halogens is 1. The van der Waals surface area contributed by atoms with Gasteiger partial charge in [0, 0.05) is 31.0 Å². The zero-order valence-corrected chi connectivity index (χ0v) is 16.0. The van der Waals surface area contributed by atoms with Gasteiger partial charge >= 0.3 is 0 Å². The maximum Gasteiger partial charge on any atom is 0.146 e. The van der Waals surface area contributed by atoms with Crippen molar-refractivity contribution in [2.24, 2.45) is 4.36 Å². The first-order valence-corrected chi connectivity index (χ1v) is 8.69. The number of nitrogens with zero attached hydrogens (tertiary/aromatic N) is 3. The van der Waals surface area contributed by atoms with Crippen molar-refractivity contribution < 1.29 is 13.9 Å². The van der Waals surface area contributed by atoms with Crippen LogP contribution >= 0.6 is 0 Å². The van der Waals surface area contributed by atoms with Gasteiger partial charge in [0.1, 0.15) is 29.8 Å². The quantitative estimate of drug-likeness (QED) is 0.640. The molecule has 0 aliphatic carbocycles. The standard InChI is InChI=1S/C19H19FN4O2S/c1-11-6-14(24-27)8-16-18(11)19(22-10-21-16)23-15-5-4-13(20)7-17(15)26-12(2)9-25-3/h4-8,10,12H,9H2,1-3H3,(H,21,22,23). The lowest BCUT2D eigenvalue weighted by molar-refractivity contribution is 0.0923. The van der Waals surface area contributed by atoms with Crippen LogP contribution in [0.2, 0.25) is 0 Å². The maximum atomic E-state index is 13.7. The molecule has 1 unspecified atom stereocenters. The molecule has 0 bridgehead atoms. The molecule has 0 aliphatic heterocycles. The van der Waals surface area contributed by atoms with Crippen LogP contribution in [0.25, 0.3) is 10.9 Å². The van der Waals surface area contributed by atoms with Crippen LogP contribution < -0.4 is 10.1 Å². The molecule has 0 fully saturated rings. The number of hydrogen-bond acceptors (Lipinski definition) is 7. The van der Waals surface area contributed by atoms with E-state index in [0.29, 0.717) is 35.1 Å². The normalized spacial score (nSPS) is 12.0. The highest BCUT2D eigenvalue weighted by molar-refractivity contribution is 7.47. The summed E-state index contributed by atoms with van der Waals surface area (Å²) in [4.78, 5) is 8.64. The van der Waals surface area contributed by atoms with Gasteiger partial charge in [-0.1, -0.05) is 0 Å². The Bertz CT molecular complexity index is 983. The number of aromatic nitrogens is 2. The van der Waals surface area contributed by atoms with Gasteiger partial charge in [-0.3, -0.25) is 0 Å². The Morgan fingerprint density at radius 1 is 1.26 bits per heavy atom. The molecule has 0 saturated heterocycles. The maximum absolute atomic E-state index is 13.7. The summed E-state index contributed by atoms with van der Waals surface area (Å²) in [6.07, 6.45) is 1.21. The molecule has 6 nitrogen and oxygen atoms in total. The molecule has 3 aromatic rings. The number of anilines is 2. The fourth-order valence-electron chi connectivity index (χ4n) is 2.83. The van der Waals surface area contributed by atoms with E-state index in [4.69, 9.17) is 21.9 Å². The molecule has 1 N–H and O–H groups in total. The molecule has 140 valence electrons. The first kappa shape index (κ1) is 19.1. The summed E-state index contributed by atoms with van der Waals surface area (Å²) in [5.41, 5.74) is 2.90. The topological polar surface area (TPSA) is 68.6 Å². The summed E-state index contributed by atoms with van der Waals surface area (Å²) in [5, 5.41) is 4.06. The van der Waals surface area contributed by atoms with Gasteiger partial charge in [-0.2, -0.15) is 4.36 Å². The van der Waals surface area contributed by atoms with Gasteiger partial charge in [0.05, 0.1) is 23.5 Å². The van der Waals surface area contributed by atoms with Crippen molar-refractivity contribution >= 4 is 40.5 Å². The minimum Gasteiger partial charge on any atom is -0.486 e. The Balaban J connectivity index is 2.01. The number of ether oxygens (including phenoxy) is 2. The van der Waals surface area contributed by atoms with Gasteiger partial charge in [-0.15, -0.1) is 0 Å². The molecule has 0 spiro atoms. The van der Waals surface area contributed by atoms with Gasteiger partial charge in [-0.05, 0) is 43.7 Å². The number of hydrogen-bond donors (Lipinski definition) is 1. The first-order valence-electron chi connectivity index (χ1n) is 8.32. The highest BCUT2D eigenvalue weighted by Crippen LogP contribution is 2.33. The molecule has 3 rings (SSSR count). The zero-order valence-electron chi connectivity index (χ0n) is 15.2. The van der Waals surface area contributed by atoms with E-state index in [1.54, 1.807) is 19.2 Å². The van der Waals surface area contributed by atoms with Crippen LogP contribution in [0.4, 0.5) is 21.6 Å². The van der Waals surface area contributed by atoms with Crippen molar-refractivity contribution in [1.82, 2.24) is 9.97 Å². The number of fused-ring (bicyclic) bond motifs is 1. The lowest BCUT2D eigenvalue weighted by Crippen LogP contribution is -2.18. The third-order valence-corrected chi connectivity index (χ3v) is 4.16. The van der Waals surface area contributed by atoms with Crippen LogP contribution in [0, 0.1) is 12.7 Å². The lowest BCUT2D eigenvalue weighted by atomic mass is 10.1. The van der Waals surface area contributed by atoms with E-state index in [-0.39, 0.29) is 11.9 Å². The molecule has 2 aromatic carbocycles. The minimum absolute atomic E-state index is 0.238. The van der Waals surface area contributed by atoms with Gasteiger partial charge in [-0.25, -0.2) is 14.4 Å². The second-order valence-corrected chi connectivity index (χ2v) is 6.30. The van der Waals surface area contributed by atoms with Crippen LogP contribution in [-0.4, -0.2) is 29.8 Å². The monoisotopic (exact) mass is 386 g/mol. The minimum atomic E-state index is -0.388. The Labute approximate surface area is 161 Å². The van der Waals surface area contributed by atoms with Crippen LogP contribution in [0.1, 0.15) is 12.5 Å². The predicted octanol–water partition coefficient (Wildman–Crippen LogP) is 4.60. The summed E-state index contributed by atoms with van der Waals surface area (Å²) in [6, 6.07) is 7.97. The first-order chi connectivity index (χ1) is 13.0. The van der Waals surface area contributed by atoms with E-state index in [1.807, 2.05) is 19.9 Å². The smallest absolute Gasteiger partial charge is 0.146 e. The molecule has 1 aromatic heterocycles. The molecule has 0 radical (unpaired) electrons. The molecular weight excluding hydrogens is 367 g/mol. The van der Waals surface area contributed by atoms with Crippen molar-refractivity contribution in [1.29, 1.82) is 0 Å². The highest BCUT2D eigenvalue weighted by atomic mass is 32.1. The number of benzene rings is 2. The van der Waals surface area contributed by atoms with Crippen molar-refractivity contribution in [2.75, 3.05) is 19.0 Å².